The molecule has 3 aromatic rings. The van der Waals surface area contributed by atoms with Crippen molar-refractivity contribution < 1.29 is 9.59 Å². The highest BCUT2D eigenvalue weighted by molar-refractivity contribution is 7.10. The molecule has 0 unspecified atom stereocenters. The maximum atomic E-state index is 13.2. The van der Waals surface area contributed by atoms with Gasteiger partial charge in [0.2, 0.25) is 5.91 Å². The second-order valence-corrected chi connectivity index (χ2v) is 8.86. The van der Waals surface area contributed by atoms with Crippen LogP contribution in [0.1, 0.15) is 33.3 Å². The van der Waals surface area contributed by atoms with E-state index in [1.807, 2.05) is 69.8 Å². The fourth-order valence-corrected chi connectivity index (χ4v) is 5.23. The second-order valence-electron chi connectivity index (χ2n) is 7.88. The van der Waals surface area contributed by atoms with E-state index in [0.717, 1.165) is 34.9 Å². The van der Waals surface area contributed by atoms with E-state index in [0.29, 0.717) is 26.1 Å². The Balaban J connectivity index is 1.29. The van der Waals surface area contributed by atoms with Crippen LogP contribution in [-0.2, 0) is 11.3 Å². The first-order valence-corrected chi connectivity index (χ1v) is 11.4. The summed E-state index contributed by atoms with van der Waals surface area (Å²) in [7, 11) is 0. The molecule has 1 aromatic carbocycles. The molecule has 0 N–H and O–H groups in total. The van der Waals surface area contributed by atoms with Crippen molar-refractivity contribution in [3.05, 3.63) is 82.2 Å². The Morgan fingerprint density at radius 1 is 1.00 bits per heavy atom. The van der Waals surface area contributed by atoms with Gasteiger partial charge in [0, 0.05) is 49.4 Å². The fourth-order valence-electron chi connectivity index (χ4n) is 4.39. The van der Waals surface area contributed by atoms with Crippen LogP contribution in [0.15, 0.2) is 66.2 Å². The Morgan fingerprint density at radius 3 is 2.52 bits per heavy atom. The number of piperazine rings is 1. The van der Waals surface area contributed by atoms with Gasteiger partial charge in [0.15, 0.2) is 0 Å². The number of carbonyl (C=O) groups excluding carboxylic acids is 2. The Kier molecular flexibility index (Phi) is 5.42. The van der Waals surface area contributed by atoms with E-state index in [9.17, 15) is 9.59 Å². The van der Waals surface area contributed by atoms with E-state index in [2.05, 4.69) is 9.88 Å². The van der Waals surface area contributed by atoms with Crippen LogP contribution in [0.3, 0.4) is 0 Å². The van der Waals surface area contributed by atoms with Crippen LogP contribution in [-0.4, -0.2) is 52.8 Å². The predicted molar refractivity (Wildman–Crippen MR) is 121 cm³/mol. The zero-order chi connectivity index (χ0) is 21.2. The third kappa shape index (κ3) is 3.93. The van der Waals surface area contributed by atoms with Crippen LogP contribution in [0.4, 0.5) is 5.82 Å². The molecule has 1 fully saturated rings. The van der Waals surface area contributed by atoms with E-state index in [4.69, 9.17) is 0 Å². The van der Waals surface area contributed by atoms with E-state index in [-0.39, 0.29) is 17.9 Å². The van der Waals surface area contributed by atoms with Crippen molar-refractivity contribution in [1.29, 1.82) is 0 Å². The molecule has 0 bridgehead atoms. The lowest BCUT2D eigenvalue weighted by atomic mass is 10.1. The highest BCUT2D eigenvalue weighted by Gasteiger charge is 2.36. The zero-order valence-electron chi connectivity index (χ0n) is 17.2. The lowest BCUT2D eigenvalue weighted by molar-refractivity contribution is -0.132. The van der Waals surface area contributed by atoms with Crippen LogP contribution in [0.25, 0.3) is 0 Å². The molecule has 0 aliphatic carbocycles. The molecule has 1 atom stereocenters. The molecule has 2 aliphatic heterocycles. The molecule has 2 aromatic heterocycles. The van der Waals surface area contributed by atoms with Crippen molar-refractivity contribution in [2.45, 2.75) is 19.0 Å². The van der Waals surface area contributed by atoms with Crippen LogP contribution < -0.4 is 4.90 Å². The van der Waals surface area contributed by atoms with Crippen LogP contribution >= 0.6 is 11.3 Å². The number of anilines is 1. The maximum Gasteiger partial charge on any atom is 0.255 e. The highest BCUT2D eigenvalue weighted by Crippen LogP contribution is 2.35. The summed E-state index contributed by atoms with van der Waals surface area (Å²) >= 11 is 1.60. The minimum atomic E-state index is -0.235. The summed E-state index contributed by atoms with van der Waals surface area (Å²) in [5.41, 5.74) is 1.78. The molecule has 0 radical (unpaired) electrons. The number of carbonyl (C=O) groups is 2. The first kappa shape index (κ1) is 19.8. The van der Waals surface area contributed by atoms with Gasteiger partial charge in [0.05, 0.1) is 12.5 Å². The predicted octanol–water partition coefficient (Wildman–Crippen LogP) is 3.58. The first-order valence-electron chi connectivity index (χ1n) is 10.6. The number of hydrogen-bond donors (Lipinski definition) is 0. The molecule has 4 heterocycles. The smallest absolute Gasteiger partial charge is 0.255 e. The summed E-state index contributed by atoms with van der Waals surface area (Å²) in [6.07, 6.45) is 2.10. The monoisotopic (exact) mass is 432 g/mol. The number of benzene rings is 1. The Morgan fingerprint density at radius 2 is 1.81 bits per heavy atom. The zero-order valence-corrected chi connectivity index (χ0v) is 18.0. The van der Waals surface area contributed by atoms with Crippen molar-refractivity contribution in [3.63, 3.8) is 0 Å². The number of aromatic nitrogens is 1. The number of pyridine rings is 1. The standard InChI is InChI=1S/C24H24N4O2S/c29-23(27-13-11-26(12-14-27)22-9-3-4-10-25-22)16-20(21-8-5-15-31-21)28-17-18-6-1-2-7-19(18)24(28)30/h1-10,15,20H,11-14,16-17H2/t20-/m0/s1. The first-order chi connectivity index (χ1) is 15.2. The third-order valence-electron chi connectivity index (χ3n) is 6.07. The van der Waals surface area contributed by atoms with Crippen LogP contribution in [0, 0.1) is 0 Å². The quantitative estimate of drug-likeness (QED) is 0.618. The van der Waals surface area contributed by atoms with Crippen molar-refractivity contribution in [3.8, 4) is 0 Å². The minimum Gasteiger partial charge on any atom is -0.353 e. The van der Waals surface area contributed by atoms with Crippen molar-refractivity contribution in [2.24, 2.45) is 0 Å². The summed E-state index contributed by atoms with van der Waals surface area (Å²) in [6.45, 7) is 3.42. The molecule has 2 aliphatic rings. The van der Waals surface area contributed by atoms with Gasteiger partial charge in [-0.05, 0) is 35.2 Å². The molecule has 1 saturated heterocycles. The average molecular weight is 433 g/mol. The molecule has 158 valence electrons. The second kappa shape index (κ2) is 8.51. The third-order valence-corrected chi connectivity index (χ3v) is 7.04. The topological polar surface area (TPSA) is 56.8 Å². The number of nitrogens with zero attached hydrogens (tertiary/aromatic N) is 4. The van der Waals surface area contributed by atoms with Crippen molar-refractivity contribution in [2.75, 3.05) is 31.1 Å². The largest absolute Gasteiger partial charge is 0.353 e. The molecule has 0 spiro atoms. The molecule has 0 saturated carbocycles. The van der Waals surface area contributed by atoms with Gasteiger partial charge in [-0.2, -0.15) is 0 Å². The summed E-state index contributed by atoms with van der Waals surface area (Å²) in [6, 6.07) is 17.4. The van der Waals surface area contributed by atoms with E-state index in [1.165, 1.54) is 0 Å². The number of rotatable bonds is 5. The summed E-state index contributed by atoms with van der Waals surface area (Å²) in [5, 5.41) is 2.01. The highest BCUT2D eigenvalue weighted by atomic mass is 32.1. The molecule has 5 rings (SSSR count). The molecule has 6 nitrogen and oxygen atoms in total. The molecule has 7 heteroatoms. The van der Waals surface area contributed by atoms with Gasteiger partial charge in [-0.15, -0.1) is 11.3 Å². The summed E-state index contributed by atoms with van der Waals surface area (Å²) in [4.78, 5) is 37.8. The van der Waals surface area contributed by atoms with Gasteiger partial charge in [-0.3, -0.25) is 9.59 Å². The number of thiophene rings is 1. The summed E-state index contributed by atoms with van der Waals surface area (Å²) in [5.74, 6) is 1.07. The van der Waals surface area contributed by atoms with Gasteiger partial charge in [-0.25, -0.2) is 4.98 Å². The normalized spacial score (nSPS) is 17.0. The Bertz CT molecular complexity index is 1060. The molecular formula is C24H24N4O2S. The summed E-state index contributed by atoms with van der Waals surface area (Å²) < 4.78 is 0. The fraction of sp³-hybridized carbons (Fsp3) is 0.292. The lowest BCUT2D eigenvalue weighted by Crippen LogP contribution is -2.49. The molecule has 31 heavy (non-hydrogen) atoms. The maximum absolute atomic E-state index is 13.2. The van der Waals surface area contributed by atoms with Gasteiger partial charge in [0.25, 0.3) is 5.91 Å². The Labute approximate surface area is 185 Å². The average Bonchev–Trinajstić information content (AvgIpc) is 3.47. The van der Waals surface area contributed by atoms with Crippen LogP contribution in [0.2, 0.25) is 0 Å². The van der Waals surface area contributed by atoms with E-state index >= 15 is 0 Å². The minimum absolute atomic E-state index is 0.0155. The van der Waals surface area contributed by atoms with E-state index < -0.39 is 0 Å². The van der Waals surface area contributed by atoms with Gasteiger partial charge in [-0.1, -0.05) is 30.3 Å². The molecule has 2 amide bonds. The number of fused-ring (bicyclic) bond motifs is 1. The number of hydrogen-bond acceptors (Lipinski definition) is 5. The van der Waals surface area contributed by atoms with Gasteiger partial charge < -0.3 is 14.7 Å². The Hall–Kier alpha value is -3.19. The van der Waals surface area contributed by atoms with Gasteiger partial charge >= 0.3 is 0 Å². The van der Waals surface area contributed by atoms with Crippen LogP contribution in [0.5, 0.6) is 0 Å². The SMILES string of the molecule is O=C(C[C@@H](c1cccs1)N1Cc2ccccc2C1=O)N1CCN(c2ccccn2)CC1. The van der Waals surface area contributed by atoms with Crippen molar-refractivity contribution in [1.82, 2.24) is 14.8 Å². The molecular weight excluding hydrogens is 408 g/mol. The number of amides is 2. The van der Waals surface area contributed by atoms with E-state index in [1.54, 1.807) is 17.5 Å². The van der Waals surface area contributed by atoms with Crippen molar-refractivity contribution >= 4 is 29.0 Å². The van der Waals surface area contributed by atoms with Gasteiger partial charge in [0.1, 0.15) is 5.82 Å². The lowest BCUT2D eigenvalue weighted by Gasteiger charge is -2.36.